The van der Waals surface area contributed by atoms with Gasteiger partial charge in [0.15, 0.2) is 0 Å². The molecule has 5 nitrogen and oxygen atoms in total. The fourth-order valence-electron chi connectivity index (χ4n) is 2.71. The number of halogens is 2. The summed E-state index contributed by atoms with van der Waals surface area (Å²) in [4.78, 5) is 12.6. The van der Waals surface area contributed by atoms with Gasteiger partial charge in [0, 0.05) is 18.2 Å². The van der Waals surface area contributed by atoms with Crippen LogP contribution in [-0.2, 0) is 0 Å². The normalized spacial score (nSPS) is 17.4. The number of piperidine rings is 1. The Balaban J connectivity index is 0.00000192. The highest BCUT2D eigenvalue weighted by atomic mass is 35.5. The summed E-state index contributed by atoms with van der Waals surface area (Å²) >= 11 is 6.21. The number of rotatable bonds is 3. The van der Waals surface area contributed by atoms with Crippen LogP contribution in [0.2, 0.25) is 5.02 Å². The zero-order valence-electron chi connectivity index (χ0n) is 12.8. The molecule has 0 unspecified atom stereocenters. The van der Waals surface area contributed by atoms with E-state index in [9.17, 15) is 4.79 Å². The van der Waals surface area contributed by atoms with E-state index in [1.165, 1.54) is 0 Å². The Morgan fingerprint density at radius 3 is 2.91 bits per heavy atom. The summed E-state index contributed by atoms with van der Waals surface area (Å²) in [5.41, 5.74) is 1.65. The average Bonchev–Trinajstić information content (AvgIpc) is 2.90. The number of benzene rings is 1. The van der Waals surface area contributed by atoms with Gasteiger partial charge in [0.2, 0.25) is 0 Å². The molecule has 1 amide bonds. The summed E-state index contributed by atoms with van der Waals surface area (Å²) < 4.78 is 5.23. The molecule has 2 aromatic rings. The van der Waals surface area contributed by atoms with Crippen molar-refractivity contribution in [2.24, 2.45) is 0 Å². The average molecular weight is 356 g/mol. The minimum Gasteiger partial charge on any atom is -0.360 e. The van der Waals surface area contributed by atoms with E-state index in [1.807, 2.05) is 18.2 Å². The minimum atomic E-state index is -0.164. The molecule has 1 aromatic carbocycles. The fourth-order valence-corrected chi connectivity index (χ4v) is 2.93. The van der Waals surface area contributed by atoms with Crippen LogP contribution in [0.3, 0.4) is 0 Å². The second kappa shape index (κ2) is 7.81. The summed E-state index contributed by atoms with van der Waals surface area (Å²) in [5.74, 6) is 0.332. The van der Waals surface area contributed by atoms with Gasteiger partial charge in [0.1, 0.15) is 17.0 Å². The number of hydrogen-bond acceptors (Lipinski definition) is 4. The lowest BCUT2D eigenvalue weighted by atomic mass is 10.0. The largest absolute Gasteiger partial charge is 0.360 e. The van der Waals surface area contributed by atoms with E-state index < -0.39 is 0 Å². The minimum absolute atomic E-state index is 0. The van der Waals surface area contributed by atoms with E-state index in [2.05, 4.69) is 15.8 Å². The molecule has 3 rings (SSSR count). The van der Waals surface area contributed by atoms with Gasteiger partial charge in [-0.2, -0.15) is 0 Å². The van der Waals surface area contributed by atoms with Gasteiger partial charge in [0.05, 0.1) is 5.02 Å². The van der Waals surface area contributed by atoms with Crippen LogP contribution in [0.25, 0.3) is 11.3 Å². The molecule has 2 N–H and O–H groups in total. The van der Waals surface area contributed by atoms with Crippen molar-refractivity contribution >= 4 is 29.9 Å². The van der Waals surface area contributed by atoms with Crippen molar-refractivity contribution in [2.75, 3.05) is 13.1 Å². The second-order valence-corrected chi connectivity index (χ2v) is 5.87. The molecule has 1 saturated heterocycles. The van der Waals surface area contributed by atoms with Crippen LogP contribution in [0.15, 0.2) is 28.8 Å². The van der Waals surface area contributed by atoms with Crippen molar-refractivity contribution in [1.82, 2.24) is 15.8 Å². The number of carbonyl (C=O) groups is 1. The Kier molecular flexibility index (Phi) is 6.04. The highest BCUT2D eigenvalue weighted by Gasteiger charge is 2.25. The molecule has 0 radical (unpaired) electrons. The smallest absolute Gasteiger partial charge is 0.257 e. The molecule has 23 heavy (non-hydrogen) atoms. The van der Waals surface area contributed by atoms with E-state index in [0.717, 1.165) is 25.9 Å². The zero-order chi connectivity index (χ0) is 15.5. The topological polar surface area (TPSA) is 67.2 Å². The number of nitrogens with one attached hydrogen (secondary N) is 2. The van der Waals surface area contributed by atoms with E-state index >= 15 is 0 Å². The molecule has 124 valence electrons. The number of amides is 1. The Morgan fingerprint density at radius 1 is 1.43 bits per heavy atom. The van der Waals surface area contributed by atoms with Crippen molar-refractivity contribution in [1.29, 1.82) is 0 Å². The lowest BCUT2D eigenvalue weighted by Crippen LogP contribution is -2.45. The maximum absolute atomic E-state index is 12.6. The molecule has 0 bridgehead atoms. The highest BCUT2D eigenvalue weighted by molar-refractivity contribution is 6.33. The lowest BCUT2D eigenvalue weighted by molar-refractivity contribution is 0.0929. The van der Waals surface area contributed by atoms with Gasteiger partial charge >= 0.3 is 0 Å². The van der Waals surface area contributed by atoms with Crippen LogP contribution in [0.1, 0.15) is 29.0 Å². The first-order chi connectivity index (χ1) is 10.7. The second-order valence-electron chi connectivity index (χ2n) is 5.46. The van der Waals surface area contributed by atoms with Crippen molar-refractivity contribution in [3.05, 3.63) is 40.6 Å². The summed E-state index contributed by atoms with van der Waals surface area (Å²) in [6.07, 6.45) is 2.04. The molecule has 1 aromatic heterocycles. The standard InChI is InChI=1S/C16H18ClN3O2.ClH/c1-10-14(16(21)19-11-5-4-8-18-9-11)15(20-22-10)12-6-2-3-7-13(12)17;/h2-3,6-7,11,18H,4-5,8-9H2,1H3,(H,19,21);1H/t11-;/m0./s1. The molecule has 0 saturated carbocycles. The molecule has 2 heterocycles. The Bertz CT molecular complexity index is 682. The van der Waals surface area contributed by atoms with Crippen LogP contribution in [0, 0.1) is 6.92 Å². The monoisotopic (exact) mass is 355 g/mol. The number of carbonyl (C=O) groups excluding carboxylic acids is 1. The van der Waals surface area contributed by atoms with E-state index in [0.29, 0.717) is 27.6 Å². The van der Waals surface area contributed by atoms with E-state index in [4.69, 9.17) is 16.1 Å². The van der Waals surface area contributed by atoms with Crippen molar-refractivity contribution < 1.29 is 9.32 Å². The number of aromatic nitrogens is 1. The van der Waals surface area contributed by atoms with Gasteiger partial charge < -0.3 is 15.2 Å². The molecule has 1 aliphatic rings. The highest BCUT2D eigenvalue weighted by Crippen LogP contribution is 2.31. The fraction of sp³-hybridized carbons (Fsp3) is 0.375. The zero-order valence-corrected chi connectivity index (χ0v) is 14.3. The van der Waals surface area contributed by atoms with Gasteiger partial charge in [-0.1, -0.05) is 35.0 Å². The number of nitrogens with zero attached hydrogens (tertiary/aromatic N) is 1. The summed E-state index contributed by atoms with van der Waals surface area (Å²) in [6, 6.07) is 7.44. The van der Waals surface area contributed by atoms with Crippen molar-refractivity contribution in [2.45, 2.75) is 25.8 Å². The third-order valence-corrected chi connectivity index (χ3v) is 4.18. The quantitative estimate of drug-likeness (QED) is 0.886. The van der Waals surface area contributed by atoms with Gasteiger partial charge in [-0.25, -0.2) is 0 Å². The first-order valence-electron chi connectivity index (χ1n) is 7.39. The predicted molar refractivity (Wildman–Crippen MR) is 92.3 cm³/mol. The van der Waals surface area contributed by atoms with E-state index in [1.54, 1.807) is 13.0 Å². The molecule has 1 fully saturated rings. The molecular formula is C16H19Cl2N3O2. The lowest BCUT2D eigenvalue weighted by Gasteiger charge is -2.23. The van der Waals surface area contributed by atoms with Gasteiger partial charge in [-0.15, -0.1) is 12.4 Å². The van der Waals surface area contributed by atoms with Crippen molar-refractivity contribution in [3.63, 3.8) is 0 Å². The van der Waals surface area contributed by atoms with Gasteiger partial charge in [-0.05, 0) is 32.4 Å². The first-order valence-corrected chi connectivity index (χ1v) is 7.77. The van der Waals surface area contributed by atoms with Crippen LogP contribution >= 0.6 is 24.0 Å². The van der Waals surface area contributed by atoms with Crippen LogP contribution < -0.4 is 10.6 Å². The van der Waals surface area contributed by atoms with Crippen LogP contribution in [-0.4, -0.2) is 30.2 Å². The summed E-state index contributed by atoms with van der Waals surface area (Å²) in [5, 5.41) is 10.9. The van der Waals surface area contributed by atoms with Gasteiger partial charge in [0.25, 0.3) is 5.91 Å². The Labute approximate surface area is 146 Å². The van der Waals surface area contributed by atoms with E-state index in [-0.39, 0.29) is 24.4 Å². The third-order valence-electron chi connectivity index (χ3n) is 3.85. The first kappa shape index (κ1) is 17.8. The molecule has 0 spiro atoms. The van der Waals surface area contributed by atoms with Crippen molar-refractivity contribution in [3.8, 4) is 11.3 Å². The third kappa shape index (κ3) is 3.86. The number of aryl methyl sites for hydroxylation is 1. The molecule has 1 atom stereocenters. The maximum atomic E-state index is 12.6. The molecule has 0 aliphatic carbocycles. The predicted octanol–water partition coefficient (Wildman–Crippen LogP) is 3.21. The summed E-state index contributed by atoms with van der Waals surface area (Å²) in [7, 11) is 0. The molecule has 1 aliphatic heterocycles. The molecule has 7 heteroatoms. The Hall–Kier alpha value is -1.56. The number of hydrogen-bond donors (Lipinski definition) is 2. The maximum Gasteiger partial charge on any atom is 0.257 e. The summed E-state index contributed by atoms with van der Waals surface area (Å²) in [6.45, 7) is 3.53. The SMILES string of the molecule is Cc1onc(-c2ccccc2Cl)c1C(=O)N[C@H]1CCCNC1.Cl. The van der Waals surface area contributed by atoms with Crippen LogP contribution in [0.4, 0.5) is 0 Å². The molecular weight excluding hydrogens is 337 g/mol. The Morgan fingerprint density at radius 2 is 2.22 bits per heavy atom. The van der Waals surface area contributed by atoms with Crippen LogP contribution in [0.5, 0.6) is 0 Å². The van der Waals surface area contributed by atoms with Gasteiger partial charge in [-0.3, -0.25) is 4.79 Å².